The van der Waals surface area contributed by atoms with E-state index in [4.69, 9.17) is 0 Å². The van der Waals surface area contributed by atoms with Crippen LogP contribution in [0, 0.1) is 0 Å². The van der Waals surface area contributed by atoms with Gasteiger partial charge in [0, 0.05) is 31.0 Å². The second-order valence-corrected chi connectivity index (χ2v) is 5.13. The van der Waals surface area contributed by atoms with Crippen molar-refractivity contribution in [3.05, 3.63) is 41.7 Å². The fourth-order valence-electron chi connectivity index (χ4n) is 2.38. The van der Waals surface area contributed by atoms with Gasteiger partial charge in [0.1, 0.15) is 0 Å². The molecular weight excluding hydrogens is 268 g/mol. The Morgan fingerprint density at radius 1 is 1.38 bits per heavy atom. The first-order valence-electron chi connectivity index (χ1n) is 6.81. The number of rotatable bonds is 3. The predicted molar refractivity (Wildman–Crippen MR) is 78.9 cm³/mol. The van der Waals surface area contributed by atoms with Crippen molar-refractivity contribution < 1.29 is 9.59 Å². The quantitative estimate of drug-likeness (QED) is 0.896. The summed E-state index contributed by atoms with van der Waals surface area (Å²) in [5.41, 5.74) is 3.28. The van der Waals surface area contributed by atoms with Gasteiger partial charge in [-0.25, -0.2) is 0 Å². The van der Waals surface area contributed by atoms with Crippen molar-refractivity contribution in [2.24, 2.45) is 7.05 Å². The summed E-state index contributed by atoms with van der Waals surface area (Å²) in [6.45, 7) is 0. The van der Waals surface area contributed by atoms with Crippen LogP contribution in [-0.4, -0.2) is 21.6 Å². The van der Waals surface area contributed by atoms with Crippen LogP contribution in [0.1, 0.15) is 17.7 Å². The van der Waals surface area contributed by atoms with Gasteiger partial charge in [0.15, 0.2) is 0 Å². The number of nitrogens with zero attached hydrogens (tertiary/aromatic N) is 2. The molecule has 2 amide bonds. The Hall–Kier alpha value is -2.63. The number of hydrogen-bond donors (Lipinski definition) is 2. The normalized spacial score (nSPS) is 13.5. The molecule has 108 valence electrons. The van der Waals surface area contributed by atoms with E-state index in [1.165, 1.54) is 0 Å². The third-order valence-corrected chi connectivity index (χ3v) is 3.40. The molecule has 0 saturated carbocycles. The van der Waals surface area contributed by atoms with Crippen molar-refractivity contribution in [1.29, 1.82) is 0 Å². The lowest BCUT2D eigenvalue weighted by Gasteiger charge is -2.17. The van der Waals surface area contributed by atoms with Crippen LogP contribution in [0.25, 0.3) is 0 Å². The first kappa shape index (κ1) is 13.4. The van der Waals surface area contributed by atoms with E-state index < -0.39 is 0 Å². The molecule has 0 aliphatic carbocycles. The summed E-state index contributed by atoms with van der Waals surface area (Å²) in [7, 11) is 1.81. The van der Waals surface area contributed by atoms with Crippen molar-refractivity contribution in [3.8, 4) is 0 Å². The molecule has 3 rings (SSSR count). The number of anilines is 2. The van der Waals surface area contributed by atoms with Crippen LogP contribution in [0.2, 0.25) is 0 Å². The molecule has 0 saturated heterocycles. The van der Waals surface area contributed by atoms with Crippen molar-refractivity contribution in [1.82, 2.24) is 9.78 Å². The lowest BCUT2D eigenvalue weighted by molar-refractivity contribution is -0.116. The minimum absolute atomic E-state index is 0.0134. The summed E-state index contributed by atoms with van der Waals surface area (Å²) < 4.78 is 1.66. The van der Waals surface area contributed by atoms with Crippen LogP contribution < -0.4 is 10.6 Å². The topological polar surface area (TPSA) is 76.0 Å². The number of aromatic nitrogens is 2. The maximum absolute atomic E-state index is 12.0. The molecule has 2 N–H and O–H groups in total. The van der Waals surface area contributed by atoms with E-state index in [0.717, 1.165) is 23.4 Å². The van der Waals surface area contributed by atoms with E-state index in [2.05, 4.69) is 15.7 Å². The summed E-state index contributed by atoms with van der Waals surface area (Å²) in [5.74, 6) is -0.116. The highest BCUT2D eigenvalue weighted by molar-refractivity contribution is 5.96. The number of amides is 2. The molecule has 0 atom stereocenters. The molecule has 0 fully saturated rings. The highest BCUT2D eigenvalue weighted by Gasteiger charge is 2.15. The predicted octanol–water partition coefficient (Wildman–Crippen LogP) is 1.49. The molecule has 2 aromatic rings. The fourth-order valence-corrected chi connectivity index (χ4v) is 2.38. The van der Waals surface area contributed by atoms with Gasteiger partial charge in [-0.3, -0.25) is 14.3 Å². The molecule has 0 unspecified atom stereocenters. The Balaban J connectivity index is 1.68. The Kier molecular flexibility index (Phi) is 3.43. The molecule has 6 nitrogen and oxygen atoms in total. The molecule has 21 heavy (non-hydrogen) atoms. The molecule has 1 aliphatic heterocycles. The van der Waals surface area contributed by atoms with Gasteiger partial charge in [-0.1, -0.05) is 6.07 Å². The number of carbonyl (C=O) groups is 2. The third kappa shape index (κ3) is 3.10. The molecule has 0 radical (unpaired) electrons. The average Bonchev–Trinajstić information content (AvgIpc) is 2.83. The van der Waals surface area contributed by atoms with E-state index in [0.29, 0.717) is 12.1 Å². The highest BCUT2D eigenvalue weighted by atomic mass is 16.2. The molecule has 1 aromatic carbocycles. The van der Waals surface area contributed by atoms with Gasteiger partial charge < -0.3 is 10.6 Å². The highest BCUT2D eigenvalue weighted by Crippen LogP contribution is 2.25. The largest absolute Gasteiger partial charge is 0.326 e. The molecule has 0 bridgehead atoms. The summed E-state index contributed by atoms with van der Waals surface area (Å²) in [5, 5.41) is 9.82. The molecule has 1 aromatic heterocycles. The van der Waals surface area contributed by atoms with Crippen molar-refractivity contribution in [3.63, 3.8) is 0 Å². The molecular formula is C15H16N4O2. The molecule has 1 aliphatic rings. The Morgan fingerprint density at radius 3 is 3.00 bits per heavy atom. The Labute approximate surface area is 122 Å². The van der Waals surface area contributed by atoms with Gasteiger partial charge in [0.2, 0.25) is 11.8 Å². The van der Waals surface area contributed by atoms with Crippen LogP contribution >= 0.6 is 0 Å². The van der Waals surface area contributed by atoms with Crippen molar-refractivity contribution in [2.45, 2.75) is 19.3 Å². The van der Waals surface area contributed by atoms with Crippen LogP contribution in [0.3, 0.4) is 0 Å². The van der Waals surface area contributed by atoms with Gasteiger partial charge >= 0.3 is 0 Å². The molecule has 2 heterocycles. The Morgan fingerprint density at radius 2 is 2.24 bits per heavy atom. The SMILES string of the molecule is Cn1ccc(CC(=O)Nc2ccc3c(c2)NC(=O)CC3)n1. The van der Waals surface area contributed by atoms with Crippen molar-refractivity contribution >= 4 is 23.2 Å². The average molecular weight is 284 g/mol. The van der Waals surface area contributed by atoms with E-state index in [1.54, 1.807) is 16.9 Å². The standard InChI is InChI=1S/C15H16N4O2/c1-19-7-6-12(18-19)9-15(21)16-11-4-2-10-3-5-14(20)17-13(10)8-11/h2,4,6-8H,3,5,9H2,1H3,(H,16,21)(H,17,20). The smallest absolute Gasteiger partial charge is 0.230 e. The van der Waals surface area contributed by atoms with E-state index >= 15 is 0 Å². The second kappa shape index (κ2) is 5.40. The number of fused-ring (bicyclic) bond motifs is 1. The summed E-state index contributed by atoms with van der Waals surface area (Å²) in [6.07, 6.45) is 3.28. The number of benzene rings is 1. The first-order chi connectivity index (χ1) is 10.1. The van der Waals surface area contributed by atoms with Crippen LogP contribution in [-0.2, 0) is 29.5 Å². The lowest BCUT2D eigenvalue weighted by atomic mass is 10.0. The summed E-state index contributed by atoms with van der Waals surface area (Å²) in [6, 6.07) is 7.40. The first-order valence-corrected chi connectivity index (χ1v) is 6.81. The van der Waals surface area contributed by atoms with E-state index in [-0.39, 0.29) is 18.2 Å². The van der Waals surface area contributed by atoms with Gasteiger partial charge in [0.25, 0.3) is 0 Å². The number of carbonyl (C=O) groups excluding carboxylic acids is 2. The summed E-state index contributed by atoms with van der Waals surface area (Å²) in [4.78, 5) is 23.4. The van der Waals surface area contributed by atoms with Gasteiger partial charge in [-0.2, -0.15) is 5.10 Å². The maximum Gasteiger partial charge on any atom is 0.230 e. The van der Waals surface area contributed by atoms with Crippen LogP contribution in [0.4, 0.5) is 11.4 Å². The zero-order valence-electron chi connectivity index (χ0n) is 11.7. The number of nitrogens with one attached hydrogen (secondary N) is 2. The second-order valence-electron chi connectivity index (χ2n) is 5.13. The van der Waals surface area contributed by atoms with E-state index in [9.17, 15) is 9.59 Å². The number of aryl methyl sites for hydroxylation is 2. The molecule has 0 spiro atoms. The number of hydrogen-bond acceptors (Lipinski definition) is 3. The summed E-state index contributed by atoms with van der Waals surface area (Å²) >= 11 is 0. The van der Waals surface area contributed by atoms with Gasteiger partial charge in [-0.05, 0) is 30.2 Å². The van der Waals surface area contributed by atoms with Gasteiger partial charge in [-0.15, -0.1) is 0 Å². The zero-order chi connectivity index (χ0) is 14.8. The minimum Gasteiger partial charge on any atom is -0.326 e. The third-order valence-electron chi connectivity index (χ3n) is 3.40. The Bertz CT molecular complexity index is 705. The van der Waals surface area contributed by atoms with Crippen LogP contribution in [0.15, 0.2) is 30.5 Å². The maximum atomic E-state index is 12.0. The molecule has 6 heteroatoms. The monoisotopic (exact) mass is 284 g/mol. The zero-order valence-corrected chi connectivity index (χ0v) is 11.7. The van der Waals surface area contributed by atoms with Crippen LogP contribution in [0.5, 0.6) is 0 Å². The fraction of sp³-hybridized carbons (Fsp3) is 0.267. The van der Waals surface area contributed by atoms with E-state index in [1.807, 2.05) is 25.2 Å². The lowest BCUT2D eigenvalue weighted by Crippen LogP contribution is -2.20. The minimum atomic E-state index is -0.129. The van der Waals surface area contributed by atoms with Crippen molar-refractivity contribution in [2.75, 3.05) is 10.6 Å². The van der Waals surface area contributed by atoms with Gasteiger partial charge in [0.05, 0.1) is 12.1 Å².